The van der Waals surface area contributed by atoms with Gasteiger partial charge in [0, 0.05) is 12.2 Å². The van der Waals surface area contributed by atoms with Crippen LogP contribution in [0, 0.1) is 5.82 Å². The zero-order chi connectivity index (χ0) is 15.3. The highest BCUT2D eigenvalue weighted by Crippen LogP contribution is 2.15. The lowest BCUT2D eigenvalue weighted by molar-refractivity contribution is 0.597. The summed E-state index contributed by atoms with van der Waals surface area (Å²) in [6, 6.07) is 13.2. The van der Waals surface area contributed by atoms with Gasteiger partial charge < -0.3 is 5.32 Å². The molecule has 0 bridgehead atoms. The van der Waals surface area contributed by atoms with Crippen LogP contribution in [0.3, 0.4) is 0 Å². The Bertz CT molecular complexity index is 696. The molecule has 1 N–H and O–H groups in total. The fraction of sp³-hybridized carbons (Fsp3) is 0.250. The maximum Gasteiger partial charge on any atom is 0.178 e. The van der Waals surface area contributed by atoms with Gasteiger partial charge in [-0.25, -0.2) is 12.8 Å². The van der Waals surface area contributed by atoms with Crippen molar-refractivity contribution in [1.29, 1.82) is 0 Å². The Hall–Kier alpha value is -1.88. The molecule has 3 nitrogen and oxygen atoms in total. The third-order valence-electron chi connectivity index (χ3n) is 3.23. The fourth-order valence-electron chi connectivity index (χ4n) is 1.99. The Balaban J connectivity index is 1.92. The van der Waals surface area contributed by atoms with Crippen LogP contribution in [0.5, 0.6) is 0 Å². The van der Waals surface area contributed by atoms with Crippen LogP contribution in [0.2, 0.25) is 0 Å². The lowest BCUT2D eigenvalue weighted by Crippen LogP contribution is -2.06. The Morgan fingerprint density at radius 3 is 2.43 bits per heavy atom. The minimum absolute atomic E-state index is 0.0966. The summed E-state index contributed by atoms with van der Waals surface area (Å²) in [7, 11) is -3.15. The van der Waals surface area contributed by atoms with Gasteiger partial charge in [-0.05, 0) is 48.4 Å². The van der Waals surface area contributed by atoms with Gasteiger partial charge in [0.1, 0.15) is 5.82 Å². The van der Waals surface area contributed by atoms with E-state index in [4.69, 9.17) is 0 Å². The van der Waals surface area contributed by atoms with Crippen molar-refractivity contribution < 1.29 is 12.8 Å². The van der Waals surface area contributed by atoms with E-state index in [1.807, 2.05) is 6.07 Å². The molecule has 0 saturated heterocycles. The molecular formula is C16H18FNO2S. The van der Waals surface area contributed by atoms with Crippen LogP contribution in [-0.4, -0.2) is 20.7 Å². The molecule has 5 heteroatoms. The van der Waals surface area contributed by atoms with Crippen LogP contribution in [0.1, 0.15) is 12.5 Å². The summed E-state index contributed by atoms with van der Waals surface area (Å²) >= 11 is 0. The van der Waals surface area contributed by atoms with Crippen molar-refractivity contribution in [2.75, 3.05) is 17.6 Å². The Labute approximate surface area is 124 Å². The molecule has 0 aliphatic heterocycles. The van der Waals surface area contributed by atoms with Crippen molar-refractivity contribution >= 4 is 15.5 Å². The number of nitrogens with one attached hydrogen (secondary N) is 1. The summed E-state index contributed by atoms with van der Waals surface area (Å²) in [5.74, 6) is -0.138. The second kappa shape index (κ2) is 6.72. The van der Waals surface area contributed by atoms with E-state index in [1.54, 1.807) is 37.3 Å². The van der Waals surface area contributed by atoms with Crippen LogP contribution in [0.25, 0.3) is 0 Å². The van der Waals surface area contributed by atoms with Gasteiger partial charge in [-0.1, -0.05) is 19.1 Å². The van der Waals surface area contributed by atoms with Crippen LogP contribution in [0.4, 0.5) is 10.1 Å². The minimum atomic E-state index is -3.15. The van der Waals surface area contributed by atoms with Gasteiger partial charge in [0.2, 0.25) is 0 Å². The second-order valence-electron chi connectivity index (χ2n) is 4.73. The summed E-state index contributed by atoms with van der Waals surface area (Å²) in [4.78, 5) is 0.334. The SMILES string of the molecule is CCS(=O)(=O)c1ccc(NCCc2cccc(F)c2)cc1. The van der Waals surface area contributed by atoms with Crippen molar-refractivity contribution in [2.45, 2.75) is 18.2 Å². The first-order chi connectivity index (χ1) is 10.0. The van der Waals surface area contributed by atoms with Crippen LogP contribution in [0.15, 0.2) is 53.4 Å². The lowest BCUT2D eigenvalue weighted by Gasteiger charge is -2.08. The normalized spacial score (nSPS) is 11.3. The van der Waals surface area contributed by atoms with E-state index in [1.165, 1.54) is 12.1 Å². The number of hydrogen-bond donors (Lipinski definition) is 1. The smallest absolute Gasteiger partial charge is 0.178 e. The molecule has 0 heterocycles. The van der Waals surface area contributed by atoms with Crippen molar-refractivity contribution in [3.05, 3.63) is 59.9 Å². The van der Waals surface area contributed by atoms with E-state index < -0.39 is 9.84 Å². The van der Waals surface area contributed by atoms with Crippen molar-refractivity contribution in [3.8, 4) is 0 Å². The fourth-order valence-corrected chi connectivity index (χ4v) is 2.87. The number of sulfone groups is 1. The first kappa shape index (κ1) is 15.5. The summed E-state index contributed by atoms with van der Waals surface area (Å²) in [6.07, 6.45) is 0.701. The molecule has 0 fully saturated rings. The van der Waals surface area contributed by atoms with E-state index in [-0.39, 0.29) is 11.6 Å². The van der Waals surface area contributed by atoms with Crippen molar-refractivity contribution in [1.82, 2.24) is 0 Å². The molecule has 0 aliphatic rings. The maximum absolute atomic E-state index is 13.0. The molecule has 0 aliphatic carbocycles. The maximum atomic E-state index is 13.0. The number of rotatable bonds is 6. The molecule has 21 heavy (non-hydrogen) atoms. The highest BCUT2D eigenvalue weighted by molar-refractivity contribution is 7.91. The predicted octanol–water partition coefficient (Wildman–Crippen LogP) is 3.27. The van der Waals surface area contributed by atoms with Gasteiger partial charge in [0.05, 0.1) is 10.6 Å². The van der Waals surface area contributed by atoms with Crippen molar-refractivity contribution in [3.63, 3.8) is 0 Å². The third-order valence-corrected chi connectivity index (χ3v) is 4.98. The average molecular weight is 307 g/mol. The molecule has 0 aromatic heterocycles. The van der Waals surface area contributed by atoms with Gasteiger partial charge in [-0.2, -0.15) is 0 Å². The van der Waals surface area contributed by atoms with E-state index in [9.17, 15) is 12.8 Å². The van der Waals surface area contributed by atoms with E-state index in [0.29, 0.717) is 17.9 Å². The molecule has 0 radical (unpaired) electrons. The second-order valence-corrected chi connectivity index (χ2v) is 7.01. The zero-order valence-corrected chi connectivity index (χ0v) is 12.7. The molecule has 0 spiro atoms. The highest BCUT2D eigenvalue weighted by Gasteiger charge is 2.10. The molecule has 0 amide bonds. The first-order valence-corrected chi connectivity index (χ1v) is 8.47. The van der Waals surface area contributed by atoms with Crippen molar-refractivity contribution in [2.24, 2.45) is 0 Å². The Morgan fingerprint density at radius 2 is 1.81 bits per heavy atom. The number of hydrogen-bond acceptors (Lipinski definition) is 3. The molecule has 0 saturated carbocycles. The Kier molecular flexibility index (Phi) is 4.96. The molecule has 2 rings (SSSR count). The van der Waals surface area contributed by atoms with Gasteiger partial charge in [0.15, 0.2) is 9.84 Å². The number of halogens is 1. The Morgan fingerprint density at radius 1 is 1.10 bits per heavy atom. The topological polar surface area (TPSA) is 46.2 Å². The van der Waals surface area contributed by atoms with E-state index >= 15 is 0 Å². The largest absolute Gasteiger partial charge is 0.385 e. The molecular weight excluding hydrogens is 289 g/mol. The van der Waals surface area contributed by atoms with Gasteiger partial charge in [0.25, 0.3) is 0 Å². The molecule has 0 unspecified atom stereocenters. The van der Waals surface area contributed by atoms with Gasteiger partial charge >= 0.3 is 0 Å². The van der Waals surface area contributed by atoms with Crippen LogP contribution >= 0.6 is 0 Å². The first-order valence-electron chi connectivity index (χ1n) is 6.82. The third kappa shape index (κ3) is 4.29. The van der Waals surface area contributed by atoms with Crippen LogP contribution in [-0.2, 0) is 16.3 Å². The number of benzene rings is 2. The summed E-state index contributed by atoms with van der Waals surface area (Å²) in [5, 5.41) is 3.19. The molecule has 2 aromatic rings. The highest BCUT2D eigenvalue weighted by atomic mass is 32.2. The standard InChI is InChI=1S/C16H18FNO2S/c1-2-21(19,20)16-8-6-15(7-9-16)18-11-10-13-4-3-5-14(17)12-13/h3-9,12,18H,2,10-11H2,1H3. The zero-order valence-electron chi connectivity index (χ0n) is 11.8. The van der Waals surface area contributed by atoms with E-state index in [2.05, 4.69) is 5.32 Å². The molecule has 0 atom stereocenters. The van der Waals surface area contributed by atoms with Gasteiger partial charge in [-0.15, -0.1) is 0 Å². The molecule has 112 valence electrons. The summed E-state index contributed by atoms with van der Waals surface area (Å²) in [5.41, 5.74) is 1.77. The minimum Gasteiger partial charge on any atom is -0.385 e. The quantitative estimate of drug-likeness (QED) is 0.891. The number of anilines is 1. The average Bonchev–Trinajstić information content (AvgIpc) is 2.48. The predicted molar refractivity (Wildman–Crippen MR) is 82.8 cm³/mol. The molecule has 2 aromatic carbocycles. The summed E-state index contributed by atoms with van der Waals surface area (Å²) in [6.45, 7) is 2.28. The summed E-state index contributed by atoms with van der Waals surface area (Å²) < 4.78 is 36.4. The lowest BCUT2D eigenvalue weighted by atomic mass is 10.1. The van der Waals surface area contributed by atoms with E-state index in [0.717, 1.165) is 11.3 Å². The van der Waals surface area contributed by atoms with Crippen LogP contribution < -0.4 is 5.32 Å². The van der Waals surface area contributed by atoms with Gasteiger partial charge in [-0.3, -0.25) is 0 Å². The monoisotopic (exact) mass is 307 g/mol.